The number of nitrogens with zero attached hydrogens (tertiary/aromatic N) is 2. The number of methoxy groups -OCH3 is 1. The number of ether oxygens (including phenoxy) is 1. The van der Waals surface area contributed by atoms with Gasteiger partial charge in [0.1, 0.15) is 10.6 Å². The molecule has 1 aliphatic heterocycles. The molecule has 1 fully saturated rings. The van der Waals surface area contributed by atoms with Gasteiger partial charge in [0.15, 0.2) is 5.96 Å². The first-order chi connectivity index (χ1) is 10.4. The van der Waals surface area contributed by atoms with E-state index in [9.17, 15) is 8.42 Å². The van der Waals surface area contributed by atoms with E-state index in [0.29, 0.717) is 18.1 Å². The van der Waals surface area contributed by atoms with E-state index in [1.165, 1.54) is 13.2 Å². The minimum atomic E-state index is -3.85. The zero-order valence-electron chi connectivity index (χ0n) is 12.8. The lowest BCUT2D eigenvalue weighted by Gasteiger charge is -2.27. The molecular formula is C13H21IN4O3S2. The second kappa shape index (κ2) is 8.94. The van der Waals surface area contributed by atoms with Crippen molar-refractivity contribution in [3.63, 3.8) is 0 Å². The Hall–Kier alpha value is -0.720. The monoisotopic (exact) mass is 472 g/mol. The second-order valence-electron chi connectivity index (χ2n) is 4.80. The summed E-state index contributed by atoms with van der Waals surface area (Å²) < 4.78 is 28.2. The quantitative estimate of drug-likeness (QED) is 0.382. The molecule has 1 aliphatic rings. The largest absolute Gasteiger partial charge is 0.495 e. The summed E-state index contributed by atoms with van der Waals surface area (Å²) in [4.78, 5) is 6.31. The average Bonchev–Trinajstić information content (AvgIpc) is 2.52. The van der Waals surface area contributed by atoms with Gasteiger partial charge in [0, 0.05) is 24.6 Å². The molecule has 1 aromatic rings. The fourth-order valence-electron chi connectivity index (χ4n) is 2.11. The van der Waals surface area contributed by atoms with Crippen LogP contribution in [0.2, 0.25) is 0 Å². The lowest BCUT2D eigenvalue weighted by molar-refractivity contribution is 0.402. The molecule has 130 valence electrons. The number of aliphatic imine (C=N–C) groups is 1. The highest BCUT2D eigenvalue weighted by molar-refractivity contribution is 14.0. The number of benzene rings is 1. The zero-order chi connectivity index (χ0) is 16.2. The molecule has 2 rings (SSSR count). The van der Waals surface area contributed by atoms with Gasteiger partial charge in [0.05, 0.1) is 13.7 Å². The fraction of sp³-hybridized carbons (Fsp3) is 0.462. The third-order valence-corrected chi connectivity index (χ3v) is 5.17. The maximum absolute atomic E-state index is 11.6. The second-order valence-corrected chi connectivity index (χ2v) is 7.56. The number of sulfonamides is 1. The van der Waals surface area contributed by atoms with Crippen LogP contribution in [0.1, 0.15) is 5.56 Å². The van der Waals surface area contributed by atoms with E-state index >= 15 is 0 Å². The number of rotatable bonds is 4. The van der Waals surface area contributed by atoms with Crippen LogP contribution in [-0.4, -0.2) is 51.0 Å². The standard InChI is InChI=1S/C13H20N4O3S2.HI/c1-20-11-3-2-10(8-12(11)22(15,18)19)9-16-13(14)17-4-6-21-7-5-17;/h2-3,8H,4-7,9H2,1H3,(H2,14,16)(H2,15,18,19);1H. The van der Waals surface area contributed by atoms with E-state index in [0.717, 1.165) is 24.6 Å². The molecule has 10 heteroatoms. The topological polar surface area (TPSA) is 111 Å². The predicted octanol–water partition coefficient (Wildman–Crippen LogP) is 0.824. The minimum absolute atomic E-state index is 0. The lowest BCUT2D eigenvalue weighted by atomic mass is 10.2. The van der Waals surface area contributed by atoms with Crippen molar-refractivity contribution in [3.05, 3.63) is 23.8 Å². The Balaban J connectivity index is 0.00000264. The number of hydrogen-bond acceptors (Lipinski definition) is 5. The maximum Gasteiger partial charge on any atom is 0.241 e. The molecule has 4 N–H and O–H groups in total. The van der Waals surface area contributed by atoms with E-state index in [1.54, 1.807) is 12.1 Å². The van der Waals surface area contributed by atoms with Crippen LogP contribution in [0.25, 0.3) is 0 Å². The number of halogens is 1. The Morgan fingerprint density at radius 3 is 2.61 bits per heavy atom. The summed E-state index contributed by atoms with van der Waals surface area (Å²) in [6.07, 6.45) is 0. The van der Waals surface area contributed by atoms with Crippen molar-refractivity contribution in [1.29, 1.82) is 0 Å². The van der Waals surface area contributed by atoms with Gasteiger partial charge in [-0.05, 0) is 17.7 Å². The third kappa shape index (κ3) is 5.69. The molecule has 0 atom stereocenters. The van der Waals surface area contributed by atoms with Crippen molar-refractivity contribution in [2.45, 2.75) is 11.4 Å². The molecule has 0 saturated carbocycles. The molecule has 1 saturated heterocycles. The molecule has 23 heavy (non-hydrogen) atoms. The minimum Gasteiger partial charge on any atom is -0.495 e. The van der Waals surface area contributed by atoms with Crippen molar-refractivity contribution < 1.29 is 13.2 Å². The molecule has 1 aromatic carbocycles. The van der Waals surface area contributed by atoms with E-state index in [4.69, 9.17) is 15.6 Å². The van der Waals surface area contributed by atoms with Crippen LogP contribution in [0.5, 0.6) is 5.75 Å². The van der Waals surface area contributed by atoms with Gasteiger partial charge in [0.25, 0.3) is 0 Å². The van der Waals surface area contributed by atoms with Crippen LogP contribution >= 0.6 is 35.7 Å². The highest BCUT2D eigenvalue weighted by atomic mass is 127. The molecule has 0 bridgehead atoms. The smallest absolute Gasteiger partial charge is 0.241 e. The van der Waals surface area contributed by atoms with Crippen LogP contribution in [0.15, 0.2) is 28.1 Å². The highest BCUT2D eigenvalue weighted by Crippen LogP contribution is 2.24. The first-order valence-electron chi connectivity index (χ1n) is 6.74. The Labute approximate surface area is 157 Å². The molecule has 0 aromatic heterocycles. The van der Waals surface area contributed by atoms with E-state index < -0.39 is 10.0 Å². The molecular weight excluding hydrogens is 451 g/mol. The highest BCUT2D eigenvalue weighted by Gasteiger charge is 2.16. The Kier molecular flexibility index (Phi) is 7.90. The molecule has 0 unspecified atom stereocenters. The molecule has 0 radical (unpaired) electrons. The third-order valence-electron chi connectivity index (χ3n) is 3.29. The predicted molar refractivity (Wildman–Crippen MR) is 104 cm³/mol. The molecule has 1 heterocycles. The Morgan fingerprint density at radius 1 is 1.39 bits per heavy atom. The molecule has 0 aliphatic carbocycles. The van der Waals surface area contributed by atoms with Crippen molar-refractivity contribution in [2.24, 2.45) is 15.9 Å². The maximum atomic E-state index is 11.6. The van der Waals surface area contributed by atoms with Gasteiger partial charge in [-0.1, -0.05) is 6.07 Å². The van der Waals surface area contributed by atoms with Crippen molar-refractivity contribution in [1.82, 2.24) is 4.90 Å². The summed E-state index contributed by atoms with van der Waals surface area (Å²) in [5, 5.41) is 5.20. The zero-order valence-corrected chi connectivity index (χ0v) is 16.7. The van der Waals surface area contributed by atoms with Crippen molar-refractivity contribution in [2.75, 3.05) is 31.7 Å². The summed E-state index contributed by atoms with van der Waals surface area (Å²) in [7, 11) is -2.45. The average molecular weight is 472 g/mol. The first-order valence-corrected chi connectivity index (χ1v) is 9.44. The van der Waals surface area contributed by atoms with Gasteiger partial charge in [-0.25, -0.2) is 18.5 Å². The van der Waals surface area contributed by atoms with Crippen LogP contribution < -0.4 is 15.6 Å². The number of nitrogens with two attached hydrogens (primary N) is 2. The van der Waals surface area contributed by atoms with Gasteiger partial charge < -0.3 is 15.4 Å². The normalized spacial score (nSPS) is 15.9. The lowest BCUT2D eigenvalue weighted by Crippen LogP contribution is -2.42. The van der Waals surface area contributed by atoms with Crippen LogP contribution in [0.3, 0.4) is 0 Å². The van der Waals surface area contributed by atoms with Gasteiger partial charge in [-0.2, -0.15) is 11.8 Å². The molecule has 0 spiro atoms. The SMILES string of the molecule is COc1ccc(CN=C(N)N2CCSCC2)cc1S(N)(=O)=O.I. The number of guanidine groups is 1. The van der Waals surface area contributed by atoms with Gasteiger partial charge in [0.2, 0.25) is 10.0 Å². The van der Waals surface area contributed by atoms with Gasteiger partial charge in [-0.3, -0.25) is 0 Å². The van der Waals surface area contributed by atoms with Gasteiger partial charge >= 0.3 is 0 Å². The fourth-order valence-corrected chi connectivity index (χ4v) is 3.76. The summed E-state index contributed by atoms with van der Waals surface area (Å²) in [5.74, 6) is 2.77. The summed E-state index contributed by atoms with van der Waals surface area (Å²) in [6, 6.07) is 4.78. The number of hydrogen-bond donors (Lipinski definition) is 2. The molecule has 7 nitrogen and oxygen atoms in total. The van der Waals surface area contributed by atoms with E-state index in [-0.39, 0.29) is 34.6 Å². The Morgan fingerprint density at radius 2 is 2.04 bits per heavy atom. The molecule has 0 amide bonds. The van der Waals surface area contributed by atoms with Crippen molar-refractivity contribution in [3.8, 4) is 5.75 Å². The summed E-state index contributed by atoms with van der Waals surface area (Å²) >= 11 is 1.89. The van der Waals surface area contributed by atoms with Crippen LogP contribution in [-0.2, 0) is 16.6 Å². The van der Waals surface area contributed by atoms with E-state index in [2.05, 4.69) is 4.99 Å². The van der Waals surface area contributed by atoms with Crippen LogP contribution in [0, 0.1) is 0 Å². The summed E-state index contributed by atoms with van der Waals surface area (Å²) in [5.41, 5.74) is 6.68. The number of primary sulfonamides is 1. The van der Waals surface area contributed by atoms with Crippen LogP contribution in [0.4, 0.5) is 0 Å². The van der Waals surface area contributed by atoms with E-state index in [1.807, 2.05) is 16.7 Å². The van der Waals surface area contributed by atoms with Crippen molar-refractivity contribution >= 4 is 51.7 Å². The summed E-state index contributed by atoms with van der Waals surface area (Å²) in [6.45, 7) is 2.05. The number of thioether (sulfide) groups is 1. The Bertz CT molecular complexity index is 661. The first kappa shape index (κ1) is 20.3. The van der Waals surface area contributed by atoms with Gasteiger partial charge in [-0.15, -0.1) is 24.0 Å².